The summed E-state index contributed by atoms with van der Waals surface area (Å²) in [6.07, 6.45) is 1.37. The van der Waals surface area contributed by atoms with Crippen LogP contribution in [-0.4, -0.2) is 31.1 Å². The smallest absolute Gasteiger partial charge is 0.00192 e. The van der Waals surface area contributed by atoms with E-state index in [-0.39, 0.29) is 0 Å². The maximum Gasteiger partial charge on any atom is 0.00192 e. The highest BCUT2D eigenvalue weighted by molar-refractivity contribution is 4.73. The molecule has 1 heterocycles. The molecule has 1 saturated heterocycles. The lowest BCUT2D eigenvalue weighted by molar-refractivity contribution is 0.283. The quantitative estimate of drug-likeness (QED) is 0.658. The Morgan fingerprint density at radius 3 is 2.82 bits per heavy atom. The zero-order valence-electron chi connectivity index (χ0n) is 7.71. The highest BCUT2D eigenvalue weighted by atomic mass is 15.1. The highest BCUT2D eigenvalue weighted by Gasteiger charge is 2.19. The average Bonchev–Trinajstić information content (AvgIpc) is 2.35. The first-order valence-corrected chi connectivity index (χ1v) is 4.64. The first-order valence-electron chi connectivity index (χ1n) is 4.64. The third-order valence-electron chi connectivity index (χ3n) is 2.48. The Hall–Kier alpha value is -0.0800. The molecule has 0 aromatic carbocycles. The predicted octanol–water partition coefficient (Wildman–Crippen LogP) is 0.923. The van der Waals surface area contributed by atoms with Crippen molar-refractivity contribution >= 4 is 0 Å². The van der Waals surface area contributed by atoms with E-state index in [9.17, 15) is 0 Å². The predicted molar refractivity (Wildman–Crippen MR) is 48.4 cm³/mol. The van der Waals surface area contributed by atoms with Gasteiger partial charge in [0.25, 0.3) is 0 Å². The topological polar surface area (TPSA) is 29.3 Å². The average molecular weight is 156 g/mol. The Balaban J connectivity index is 2.17. The van der Waals surface area contributed by atoms with Crippen LogP contribution >= 0.6 is 0 Å². The summed E-state index contributed by atoms with van der Waals surface area (Å²) >= 11 is 0. The van der Waals surface area contributed by atoms with Gasteiger partial charge in [-0.3, -0.25) is 0 Å². The fourth-order valence-electron chi connectivity index (χ4n) is 1.71. The van der Waals surface area contributed by atoms with E-state index in [1.807, 2.05) is 0 Å². The number of likely N-dealkylation sites (tertiary alicyclic amines) is 1. The maximum absolute atomic E-state index is 5.56. The Morgan fingerprint density at radius 2 is 2.36 bits per heavy atom. The highest BCUT2D eigenvalue weighted by Crippen LogP contribution is 2.15. The molecule has 2 atom stereocenters. The van der Waals surface area contributed by atoms with Gasteiger partial charge in [-0.15, -0.1) is 0 Å². The third kappa shape index (κ3) is 2.80. The Kier molecular flexibility index (Phi) is 3.34. The van der Waals surface area contributed by atoms with Crippen molar-refractivity contribution < 1.29 is 0 Å². The van der Waals surface area contributed by atoms with Gasteiger partial charge in [0.05, 0.1) is 0 Å². The molecule has 2 nitrogen and oxygen atoms in total. The van der Waals surface area contributed by atoms with Crippen LogP contribution in [-0.2, 0) is 0 Å². The largest absolute Gasteiger partial charge is 0.330 e. The van der Waals surface area contributed by atoms with Crippen LogP contribution in [0.25, 0.3) is 0 Å². The van der Waals surface area contributed by atoms with Gasteiger partial charge in [-0.2, -0.15) is 0 Å². The lowest BCUT2D eigenvalue weighted by atomic mass is 10.1. The molecule has 0 radical (unpaired) electrons. The van der Waals surface area contributed by atoms with Crippen molar-refractivity contribution in [2.24, 2.45) is 17.6 Å². The molecule has 2 N–H and O–H groups in total. The summed E-state index contributed by atoms with van der Waals surface area (Å²) in [4.78, 5) is 2.53. The van der Waals surface area contributed by atoms with Gasteiger partial charge in [0.15, 0.2) is 0 Å². The molecule has 0 aromatic heterocycles. The van der Waals surface area contributed by atoms with Crippen LogP contribution in [0.15, 0.2) is 0 Å². The summed E-state index contributed by atoms with van der Waals surface area (Å²) in [6.45, 7) is 9.14. The summed E-state index contributed by atoms with van der Waals surface area (Å²) in [5.74, 6) is 1.57. The second-order valence-electron chi connectivity index (χ2n) is 3.99. The van der Waals surface area contributed by atoms with Crippen LogP contribution in [0.1, 0.15) is 20.3 Å². The SMILES string of the molecule is C[C@H](CN)CN1CC[C@H](C)C1. The van der Waals surface area contributed by atoms with Gasteiger partial charge in [0, 0.05) is 13.1 Å². The van der Waals surface area contributed by atoms with Crippen molar-refractivity contribution in [1.29, 1.82) is 0 Å². The van der Waals surface area contributed by atoms with E-state index < -0.39 is 0 Å². The lowest BCUT2D eigenvalue weighted by Crippen LogP contribution is -2.29. The van der Waals surface area contributed by atoms with E-state index in [1.54, 1.807) is 0 Å². The molecule has 0 bridgehead atoms. The number of hydrogen-bond donors (Lipinski definition) is 1. The number of nitrogens with zero attached hydrogens (tertiary/aromatic N) is 1. The summed E-state index contributed by atoms with van der Waals surface area (Å²) in [6, 6.07) is 0. The van der Waals surface area contributed by atoms with Crippen molar-refractivity contribution in [3.63, 3.8) is 0 Å². The van der Waals surface area contributed by atoms with E-state index in [0.717, 1.165) is 12.5 Å². The molecule has 0 saturated carbocycles. The summed E-state index contributed by atoms with van der Waals surface area (Å²) in [5, 5.41) is 0. The molecule has 66 valence electrons. The third-order valence-corrected chi connectivity index (χ3v) is 2.48. The minimum Gasteiger partial charge on any atom is -0.330 e. The van der Waals surface area contributed by atoms with E-state index in [4.69, 9.17) is 5.73 Å². The fraction of sp³-hybridized carbons (Fsp3) is 1.00. The Labute approximate surface area is 69.8 Å². The molecule has 0 unspecified atom stereocenters. The first kappa shape index (κ1) is 9.01. The molecule has 0 aliphatic carbocycles. The summed E-state index contributed by atoms with van der Waals surface area (Å²) < 4.78 is 0. The fourth-order valence-corrected chi connectivity index (χ4v) is 1.71. The minimum atomic E-state index is 0.667. The normalized spacial score (nSPS) is 29.2. The van der Waals surface area contributed by atoms with E-state index >= 15 is 0 Å². The van der Waals surface area contributed by atoms with E-state index in [2.05, 4.69) is 18.7 Å². The second kappa shape index (κ2) is 4.07. The molecule has 1 rings (SSSR count). The van der Waals surface area contributed by atoms with Gasteiger partial charge in [0.2, 0.25) is 0 Å². The Bertz CT molecular complexity index is 114. The first-order chi connectivity index (χ1) is 5.22. The lowest BCUT2D eigenvalue weighted by Gasteiger charge is -2.18. The van der Waals surface area contributed by atoms with Crippen LogP contribution in [0.3, 0.4) is 0 Å². The van der Waals surface area contributed by atoms with Gasteiger partial charge in [-0.25, -0.2) is 0 Å². The number of nitrogens with two attached hydrogens (primary N) is 1. The van der Waals surface area contributed by atoms with E-state index in [1.165, 1.54) is 26.1 Å². The van der Waals surface area contributed by atoms with Crippen molar-refractivity contribution in [3.05, 3.63) is 0 Å². The molecule has 1 fully saturated rings. The molecule has 1 aliphatic heterocycles. The van der Waals surface area contributed by atoms with Gasteiger partial charge in [0.1, 0.15) is 0 Å². The van der Waals surface area contributed by atoms with Crippen LogP contribution in [0, 0.1) is 11.8 Å². The van der Waals surface area contributed by atoms with Crippen LogP contribution in [0.2, 0.25) is 0 Å². The van der Waals surface area contributed by atoms with Gasteiger partial charge in [-0.05, 0) is 31.3 Å². The second-order valence-corrected chi connectivity index (χ2v) is 3.99. The van der Waals surface area contributed by atoms with Crippen molar-refractivity contribution in [1.82, 2.24) is 4.90 Å². The van der Waals surface area contributed by atoms with Crippen LogP contribution in [0.4, 0.5) is 0 Å². The minimum absolute atomic E-state index is 0.667. The van der Waals surface area contributed by atoms with Crippen LogP contribution < -0.4 is 5.73 Å². The molecular weight excluding hydrogens is 136 g/mol. The zero-order valence-corrected chi connectivity index (χ0v) is 7.71. The Morgan fingerprint density at radius 1 is 1.64 bits per heavy atom. The van der Waals surface area contributed by atoms with Crippen molar-refractivity contribution in [2.45, 2.75) is 20.3 Å². The summed E-state index contributed by atoms with van der Waals surface area (Å²) in [7, 11) is 0. The standard InChI is InChI=1S/C9H20N2/c1-8-3-4-11(6-8)7-9(2)5-10/h8-9H,3-7,10H2,1-2H3/t8-,9+/m0/s1. The number of rotatable bonds is 3. The maximum atomic E-state index is 5.56. The molecule has 0 spiro atoms. The molecule has 0 amide bonds. The van der Waals surface area contributed by atoms with Gasteiger partial charge >= 0.3 is 0 Å². The van der Waals surface area contributed by atoms with Gasteiger partial charge < -0.3 is 10.6 Å². The molecular formula is C9H20N2. The number of hydrogen-bond acceptors (Lipinski definition) is 2. The van der Waals surface area contributed by atoms with Crippen molar-refractivity contribution in [3.8, 4) is 0 Å². The molecule has 1 aliphatic rings. The monoisotopic (exact) mass is 156 g/mol. The molecule has 2 heteroatoms. The van der Waals surface area contributed by atoms with Gasteiger partial charge in [-0.1, -0.05) is 13.8 Å². The molecule has 0 aromatic rings. The van der Waals surface area contributed by atoms with E-state index in [0.29, 0.717) is 5.92 Å². The van der Waals surface area contributed by atoms with Crippen molar-refractivity contribution in [2.75, 3.05) is 26.2 Å². The molecule has 11 heavy (non-hydrogen) atoms. The zero-order chi connectivity index (χ0) is 8.27. The summed E-state index contributed by atoms with van der Waals surface area (Å²) in [5.41, 5.74) is 5.56. The van der Waals surface area contributed by atoms with Crippen LogP contribution in [0.5, 0.6) is 0 Å².